The lowest BCUT2D eigenvalue weighted by molar-refractivity contribution is -0.486. The normalized spacial score (nSPS) is 14.5. The Hall–Kier alpha value is -4.48. The zero-order valence-electron chi connectivity index (χ0n) is 23.5. The maximum absolute atomic E-state index is 12.7. The van der Waals surface area contributed by atoms with Gasteiger partial charge in [-0.1, -0.05) is 41.9 Å². The highest BCUT2D eigenvalue weighted by atomic mass is 35.5. The number of hydrazone groups is 1. The highest BCUT2D eigenvalue weighted by Crippen LogP contribution is 2.29. The Balaban J connectivity index is 0.000000257. The lowest BCUT2D eigenvalue weighted by Crippen LogP contribution is -2.49. The van der Waals surface area contributed by atoms with E-state index < -0.39 is 22.9 Å². The van der Waals surface area contributed by atoms with Gasteiger partial charge in [-0.25, -0.2) is 24.9 Å². The number of carbonyl (C=O) groups excluding carboxylic acids is 1. The van der Waals surface area contributed by atoms with Crippen LogP contribution in [-0.4, -0.2) is 71.5 Å². The van der Waals surface area contributed by atoms with Crippen LogP contribution in [0.15, 0.2) is 60.0 Å². The van der Waals surface area contributed by atoms with Gasteiger partial charge in [0.1, 0.15) is 36.4 Å². The van der Waals surface area contributed by atoms with Gasteiger partial charge in [0, 0.05) is 24.2 Å². The van der Waals surface area contributed by atoms with Gasteiger partial charge in [0.25, 0.3) is 5.96 Å². The molecule has 13 nitrogen and oxygen atoms in total. The minimum absolute atomic E-state index is 0.0947. The van der Waals surface area contributed by atoms with Crippen LogP contribution in [0.25, 0.3) is 5.57 Å². The summed E-state index contributed by atoms with van der Waals surface area (Å²) in [5, 5.41) is 13.2. The molecule has 2 aromatic heterocycles. The lowest BCUT2D eigenvalue weighted by Gasteiger charge is -2.34. The van der Waals surface area contributed by atoms with Crippen LogP contribution >= 0.6 is 22.9 Å². The van der Waals surface area contributed by atoms with E-state index in [-0.39, 0.29) is 37.5 Å². The summed E-state index contributed by atoms with van der Waals surface area (Å²) in [5.41, 5.74) is 0.151. The zero-order chi connectivity index (χ0) is 32.3. The van der Waals surface area contributed by atoms with E-state index in [0.29, 0.717) is 22.1 Å². The second-order valence-electron chi connectivity index (χ2n) is 8.64. The molecule has 0 N–H and O–H groups in total. The Morgan fingerprint density at radius 1 is 1.23 bits per heavy atom. The standard InChI is InChI=1S/C18H16F3NO4.C8H10ClN5O3S/c1-24-11-14(17(23)25-2)13-7-4-3-6-12(13)10-26-16-9-5-8-15(22-16)18(19,20)21;1-12-4-17-5-13(8(12)11-14(15)16)3-6-2-10-7(9)18-6/h3-9,11H,10H2,1-2H3;2H,3-5H2,1H3/b14-11+;11-8+. The fraction of sp³-hybridized carbons (Fsp3) is 0.308. The molecular weight excluding hydrogens is 633 g/mol. The van der Waals surface area contributed by atoms with E-state index in [1.807, 2.05) is 0 Å². The summed E-state index contributed by atoms with van der Waals surface area (Å²) >= 11 is 7.05. The zero-order valence-corrected chi connectivity index (χ0v) is 25.1. The number of carbonyl (C=O) groups is 1. The van der Waals surface area contributed by atoms with Gasteiger partial charge in [0.05, 0.1) is 27.0 Å². The molecule has 0 atom stereocenters. The quantitative estimate of drug-likeness (QED) is 0.102. The van der Waals surface area contributed by atoms with Gasteiger partial charge in [-0.05, 0) is 17.2 Å². The molecule has 1 aliphatic rings. The fourth-order valence-corrected chi connectivity index (χ4v) is 4.68. The minimum Gasteiger partial charge on any atom is -0.503 e. The summed E-state index contributed by atoms with van der Waals surface area (Å²) in [5.74, 6) is -0.530. The van der Waals surface area contributed by atoms with E-state index in [2.05, 4.69) is 15.1 Å². The number of ether oxygens (including phenoxy) is 4. The number of halogens is 4. The SMILES string of the molecule is CN1COCN(Cc2cnc(Cl)s2)/C1=N/[N+](=O)[O-].CO/C=C(/C(=O)OC)c1ccccc1COc1cccc(C(F)(F)F)n1. The number of nitrogens with zero attached hydrogens (tertiary/aromatic N) is 6. The molecule has 0 radical (unpaired) electrons. The van der Waals surface area contributed by atoms with Crippen molar-refractivity contribution in [2.75, 3.05) is 34.7 Å². The smallest absolute Gasteiger partial charge is 0.433 e. The number of nitro groups is 1. The van der Waals surface area contributed by atoms with Gasteiger partial charge < -0.3 is 28.7 Å². The number of methoxy groups -OCH3 is 2. The fourth-order valence-electron chi connectivity index (χ4n) is 3.68. The van der Waals surface area contributed by atoms with Gasteiger partial charge in [-0.15, -0.1) is 11.3 Å². The Kier molecular flexibility index (Phi) is 12.2. The largest absolute Gasteiger partial charge is 0.503 e. The first-order chi connectivity index (χ1) is 20.9. The molecule has 1 fully saturated rings. The minimum atomic E-state index is -4.56. The topological polar surface area (TPSA) is 142 Å². The summed E-state index contributed by atoms with van der Waals surface area (Å²) < 4.78 is 58.9. The summed E-state index contributed by atoms with van der Waals surface area (Å²) in [4.78, 5) is 33.9. The summed E-state index contributed by atoms with van der Waals surface area (Å²) in [6, 6.07) is 10.1. The van der Waals surface area contributed by atoms with Crippen molar-refractivity contribution in [2.45, 2.75) is 19.3 Å². The van der Waals surface area contributed by atoms with E-state index in [0.717, 1.165) is 10.9 Å². The monoisotopic (exact) mass is 658 g/mol. The molecule has 236 valence electrons. The van der Waals surface area contributed by atoms with Crippen molar-refractivity contribution < 1.29 is 41.9 Å². The molecule has 0 saturated carbocycles. The third-order valence-electron chi connectivity index (χ3n) is 5.54. The van der Waals surface area contributed by atoms with Gasteiger partial charge in [0.2, 0.25) is 5.88 Å². The number of rotatable bonds is 9. The first-order valence-corrected chi connectivity index (χ1v) is 13.6. The predicted molar refractivity (Wildman–Crippen MR) is 153 cm³/mol. The maximum atomic E-state index is 12.7. The molecule has 1 saturated heterocycles. The van der Waals surface area contributed by atoms with Crippen LogP contribution in [0.4, 0.5) is 13.2 Å². The van der Waals surface area contributed by atoms with Crippen molar-refractivity contribution in [3.8, 4) is 5.88 Å². The summed E-state index contributed by atoms with van der Waals surface area (Å²) in [6.45, 7) is 0.836. The van der Waals surface area contributed by atoms with Crippen LogP contribution in [0.2, 0.25) is 4.47 Å². The van der Waals surface area contributed by atoms with Crippen molar-refractivity contribution in [3.63, 3.8) is 0 Å². The molecule has 0 aliphatic carbocycles. The molecular formula is C26H26ClF3N6O7S. The Morgan fingerprint density at radius 3 is 2.61 bits per heavy atom. The number of guanidine groups is 1. The van der Waals surface area contributed by atoms with E-state index in [1.54, 1.807) is 47.3 Å². The Labute approximate surface area is 258 Å². The second kappa shape index (κ2) is 15.8. The van der Waals surface area contributed by atoms with Crippen LogP contribution in [0.5, 0.6) is 5.88 Å². The Morgan fingerprint density at radius 2 is 1.98 bits per heavy atom. The number of esters is 1. The predicted octanol–water partition coefficient (Wildman–Crippen LogP) is 4.86. The number of benzene rings is 1. The number of hydrogen-bond donors (Lipinski definition) is 0. The van der Waals surface area contributed by atoms with Gasteiger partial charge in [-0.3, -0.25) is 0 Å². The van der Waals surface area contributed by atoms with Crippen LogP contribution in [-0.2, 0) is 38.3 Å². The summed E-state index contributed by atoms with van der Waals surface area (Å²) in [6.07, 6.45) is -1.70. The van der Waals surface area contributed by atoms with Gasteiger partial charge in [-0.2, -0.15) is 13.2 Å². The molecule has 18 heteroatoms. The first kappa shape index (κ1) is 34.0. The molecule has 4 rings (SSSR count). The number of aromatic nitrogens is 2. The lowest BCUT2D eigenvalue weighted by atomic mass is 10.0. The van der Waals surface area contributed by atoms with Crippen LogP contribution in [0.3, 0.4) is 0 Å². The maximum Gasteiger partial charge on any atom is 0.433 e. The number of alkyl halides is 3. The van der Waals surface area contributed by atoms with Crippen LogP contribution in [0, 0.1) is 10.1 Å². The van der Waals surface area contributed by atoms with E-state index in [1.165, 1.54) is 44.0 Å². The summed E-state index contributed by atoms with van der Waals surface area (Å²) in [7, 11) is 4.29. The molecule has 3 heterocycles. The first-order valence-electron chi connectivity index (χ1n) is 12.4. The average molecular weight is 659 g/mol. The molecule has 1 aromatic carbocycles. The third kappa shape index (κ3) is 9.78. The van der Waals surface area contributed by atoms with Crippen molar-refractivity contribution in [1.29, 1.82) is 0 Å². The average Bonchev–Trinajstić information content (AvgIpc) is 3.40. The van der Waals surface area contributed by atoms with Crippen molar-refractivity contribution in [2.24, 2.45) is 5.10 Å². The Bertz CT molecular complexity index is 1500. The van der Waals surface area contributed by atoms with Gasteiger partial charge in [0.15, 0.2) is 9.50 Å². The molecule has 0 bridgehead atoms. The van der Waals surface area contributed by atoms with Crippen molar-refractivity contribution in [3.05, 3.63) is 91.2 Å². The molecule has 44 heavy (non-hydrogen) atoms. The number of hydrogen-bond acceptors (Lipinski definition) is 10. The second-order valence-corrected chi connectivity index (χ2v) is 10.3. The molecule has 0 amide bonds. The number of thiazole rings is 1. The third-order valence-corrected chi connectivity index (χ3v) is 6.64. The molecule has 3 aromatic rings. The van der Waals surface area contributed by atoms with Crippen LogP contribution < -0.4 is 4.74 Å². The number of pyridine rings is 1. The van der Waals surface area contributed by atoms with Crippen molar-refractivity contribution >= 4 is 40.4 Å². The molecule has 0 unspecified atom stereocenters. The highest BCUT2D eigenvalue weighted by molar-refractivity contribution is 7.15. The molecule has 0 spiro atoms. The van der Waals surface area contributed by atoms with Gasteiger partial charge >= 0.3 is 12.1 Å². The highest BCUT2D eigenvalue weighted by Gasteiger charge is 2.32. The van der Waals surface area contributed by atoms with Crippen molar-refractivity contribution in [1.82, 2.24) is 19.8 Å². The van der Waals surface area contributed by atoms with E-state index in [4.69, 9.17) is 30.5 Å². The van der Waals surface area contributed by atoms with E-state index >= 15 is 0 Å². The van der Waals surface area contributed by atoms with E-state index in [9.17, 15) is 28.1 Å². The van der Waals surface area contributed by atoms with Crippen LogP contribution in [0.1, 0.15) is 21.7 Å². The molecule has 1 aliphatic heterocycles.